The fraction of sp³-hybridized carbons (Fsp3) is 0.200. The van der Waals surface area contributed by atoms with Gasteiger partial charge in [0.1, 0.15) is 22.9 Å². The second-order valence-corrected chi connectivity index (χ2v) is 7.04. The van der Waals surface area contributed by atoms with Gasteiger partial charge in [-0.05, 0) is 43.3 Å². The molecule has 4 rings (SSSR count). The van der Waals surface area contributed by atoms with Crippen LogP contribution in [0.5, 0.6) is 5.75 Å². The summed E-state index contributed by atoms with van der Waals surface area (Å²) in [7, 11) is 0. The molecule has 154 valence electrons. The molecule has 1 unspecified atom stereocenters. The molecule has 2 aromatic carbocycles. The van der Waals surface area contributed by atoms with Crippen molar-refractivity contribution in [2.75, 3.05) is 18.5 Å². The molecule has 0 spiro atoms. The fourth-order valence-corrected chi connectivity index (χ4v) is 3.40. The lowest BCUT2D eigenvalue weighted by Crippen LogP contribution is -2.42. The molecule has 10 heteroatoms. The number of nitrogens with one attached hydrogen (secondary N) is 2. The third-order valence-corrected chi connectivity index (χ3v) is 4.98. The van der Waals surface area contributed by atoms with Crippen LogP contribution in [0.15, 0.2) is 36.4 Å². The Morgan fingerprint density at radius 1 is 1.17 bits per heavy atom. The van der Waals surface area contributed by atoms with Crippen molar-refractivity contribution in [2.45, 2.75) is 12.5 Å². The van der Waals surface area contributed by atoms with Gasteiger partial charge in [-0.2, -0.15) is 0 Å². The number of rotatable bonds is 4. The molecule has 2 aromatic rings. The summed E-state index contributed by atoms with van der Waals surface area (Å²) < 4.78 is 33.0. The lowest BCUT2D eigenvalue weighted by atomic mass is 9.91. The standard InChI is InChI=1S/C20H15F2N3O5/c1-20(12-7-11(21)3-4-13(12)22)18(28)25(19(29)24-20)8-15(26)10-2-5-16-14(6-10)23-17(27)9-30-16/h2-7H,8-9H2,1H3,(H,23,27)(H,24,29). The molecule has 8 nitrogen and oxygen atoms in total. The number of urea groups is 1. The minimum atomic E-state index is -1.86. The first-order valence-corrected chi connectivity index (χ1v) is 8.88. The Kier molecular flexibility index (Phi) is 4.49. The van der Waals surface area contributed by atoms with Gasteiger partial charge >= 0.3 is 6.03 Å². The summed E-state index contributed by atoms with van der Waals surface area (Å²) in [4.78, 5) is 50.0. The maximum absolute atomic E-state index is 14.2. The van der Waals surface area contributed by atoms with Crippen molar-refractivity contribution >= 4 is 29.3 Å². The Morgan fingerprint density at radius 3 is 2.70 bits per heavy atom. The van der Waals surface area contributed by atoms with Gasteiger partial charge in [0.2, 0.25) is 0 Å². The van der Waals surface area contributed by atoms with Gasteiger partial charge in [-0.25, -0.2) is 13.6 Å². The molecular weight excluding hydrogens is 400 g/mol. The number of ketones is 1. The fourth-order valence-electron chi connectivity index (χ4n) is 3.40. The summed E-state index contributed by atoms with van der Waals surface area (Å²) in [6.07, 6.45) is 0. The normalized spacial score (nSPS) is 20.4. The van der Waals surface area contributed by atoms with Crippen LogP contribution < -0.4 is 15.4 Å². The maximum Gasteiger partial charge on any atom is 0.325 e. The molecule has 2 N–H and O–H groups in total. The molecule has 1 saturated heterocycles. The maximum atomic E-state index is 14.2. The number of hydrogen-bond donors (Lipinski definition) is 2. The average Bonchev–Trinajstić information content (AvgIpc) is 2.93. The summed E-state index contributed by atoms with van der Waals surface area (Å²) in [5, 5.41) is 4.89. The van der Waals surface area contributed by atoms with E-state index in [1.165, 1.54) is 25.1 Å². The second-order valence-electron chi connectivity index (χ2n) is 7.04. The van der Waals surface area contributed by atoms with Crippen LogP contribution in [0.2, 0.25) is 0 Å². The molecule has 2 heterocycles. The highest BCUT2D eigenvalue weighted by atomic mass is 19.1. The zero-order chi connectivity index (χ0) is 21.6. The van der Waals surface area contributed by atoms with E-state index in [1.807, 2.05) is 0 Å². The molecule has 30 heavy (non-hydrogen) atoms. The van der Waals surface area contributed by atoms with Gasteiger partial charge in [-0.3, -0.25) is 19.3 Å². The van der Waals surface area contributed by atoms with E-state index in [2.05, 4.69) is 10.6 Å². The monoisotopic (exact) mass is 415 g/mol. The van der Waals surface area contributed by atoms with Crippen LogP contribution in [-0.4, -0.2) is 41.7 Å². The molecule has 0 radical (unpaired) electrons. The molecule has 4 amide bonds. The number of carbonyl (C=O) groups excluding carboxylic acids is 4. The smallest absolute Gasteiger partial charge is 0.325 e. The molecular formula is C20H15F2N3O5. The van der Waals surface area contributed by atoms with E-state index in [-0.39, 0.29) is 23.6 Å². The van der Waals surface area contributed by atoms with Crippen molar-refractivity contribution in [2.24, 2.45) is 0 Å². The first kappa shape index (κ1) is 19.5. The minimum absolute atomic E-state index is 0.130. The number of fused-ring (bicyclic) bond motifs is 1. The molecule has 1 fully saturated rings. The van der Waals surface area contributed by atoms with Crippen LogP contribution in [0.3, 0.4) is 0 Å². The van der Waals surface area contributed by atoms with E-state index in [4.69, 9.17) is 4.74 Å². The van der Waals surface area contributed by atoms with Gasteiger partial charge in [-0.15, -0.1) is 0 Å². The van der Waals surface area contributed by atoms with Gasteiger partial charge in [0.05, 0.1) is 12.2 Å². The third kappa shape index (κ3) is 3.15. The van der Waals surface area contributed by atoms with Crippen LogP contribution >= 0.6 is 0 Å². The van der Waals surface area contributed by atoms with Gasteiger partial charge in [0.15, 0.2) is 12.4 Å². The van der Waals surface area contributed by atoms with Crippen molar-refractivity contribution in [3.8, 4) is 5.75 Å². The van der Waals surface area contributed by atoms with E-state index in [9.17, 15) is 28.0 Å². The molecule has 2 aliphatic heterocycles. The number of imide groups is 1. The van der Waals surface area contributed by atoms with Crippen LogP contribution in [0.1, 0.15) is 22.8 Å². The number of hydrogen-bond acceptors (Lipinski definition) is 5. The van der Waals surface area contributed by atoms with E-state index in [0.717, 1.165) is 18.2 Å². The highest BCUT2D eigenvalue weighted by Crippen LogP contribution is 2.32. The first-order chi connectivity index (χ1) is 14.2. The average molecular weight is 415 g/mol. The molecule has 0 saturated carbocycles. The molecule has 0 aromatic heterocycles. The van der Waals surface area contributed by atoms with Crippen molar-refractivity contribution in [1.29, 1.82) is 0 Å². The minimum Gasteiger partial charge on any atom is -0.482 e. The quantitative estimate of drug-likeness (QED) is 0.587. The zero-order valence-corrected chi connectivity index (χ0v) is 15.6. The Balaban J connectivity index is 1.58. The van der Waals surface area contributed by atoms with Crippen LogP contribution in [0.25, 0.3) is 0 Å². The predicted molar refractivity (Wildman–Crippen MR) is 98.9 cm³/mol. The Labute approximate surface area is 168 Å². The number of halogens is 2. The lowest BCUT2D eigenvalue weighted by Gasteiger charge is -2.22. The number of ether oxygens (including phenoxy) is 1. The van der Waals surface area contributed by atoms with Crippen molar-refractivity contribution in [3.63, 3.8) is 0 Å². The van der Waals surface area contributed by atoms with E-state index in [1.54, 1.807) is 0 Å². The van der Waals surface area contributed by atoms with Crippen LogP contribution in [0, 0.1) is 11.6 Å². The summed E-state index contributed by atoms with van der Waals surface area (Å²) in [6.45, 7) is 0.476. The molecule has 2 aliphatic rings. The second kappa shape index (κ2) is 6.90. The largest absolute Gasteiger partial charge is 0.482 e. The van der Waals surface area contributed by atoms with Gasteiger partial charge in [-0.1, -0.05) is 0 Å². The summed E-state index contributed by atoms with van der Waals surface area (Å²) in [5.74, 6) is -3.12. The van der Waals surface area contributed by atoms with Gasteiger partial charge < -0.3 is 15.4 Å². The van der Waals surface area contributed by atoms with E-state index in [0.29, 0.717) is 16.3 Å². The van der Waals surface area contributed by atoms with Crippen molar-refractivity contribution in [1.82, 2.24) is 10.2 Å². The van der Waals surface area contributed by atoms with Gasteiger partial charge in [0, 0.05) is 11.1 Å². The van der Waals surface area contributed by atoms with Crippen LogP contribution in [-0.2, 0) is 15.1 Å². The third-order valence-electron chi connectivity index (χ3n) is 4.98. The summed E-state index contributed by atoms with van der Waals surface area (Å²) in [5.41, 5.74) is -1.78. The topological polar surface area (TPSA) is 105 Å². The molecule has 0 aliphatic carbocycles. The van der Waals surface area contributed by atoms with Crippen LogP contribution in [0.4, 0.5) is 19.3 Å². The Morgan fingerprint density at radius 2 is 1.93 bits per heavy atom. The van der Waals surface area contributed by atoms with E-state index < -0.39 is 41.4 Å². The number of anilines is 1. The highest BCUT2D eigenvalue weighted by molar-refractivity contribution is 6.11. The summed E-state index contributed by atoms with van der Waals surface area (Å²) >= 11 is 0. The summed E-state index contributed by atoms with van der Waals surface area (Å²) in [6, 6.07) is 5.96. The van der Waals surface area contributed by atoms with Crippen molar-refractivity contribution in [3.05, 3.63) is 59.2 Å². The van der Waals surface area contributed by atoms with Gasteiger partial charge in [0.25, 0.3) is 11.8 Å². The Bertz CT molecular complexity index is 1120. The molecule has 1 atom stereocenters. The number of amides is 4. The zero-order valence-electron chi connectivity index (χ0n) is 15.6. The molecule has 0 bridgehead atoms. The number of carbonyl (C=O) groups is 4. The Hall–Kier alpha value is -3.82. The highest BCUT2D eigenvalue weighted by Gasteiger charge is 2.50. The predicted octanol–water partition coefficient (Wildman–Crippen LogP) is 1.95. The van der Waals surface area contributed by atoms with E-state index >= 15 is 0 Å². The number of benzene rings is 2. The number of Topliss-reactive ketones (excluding diaryl/α,β-unsaturated/α-hetero) is 1. The van der Waals surface area contributed by atoms with Crippen molar-refractivity contribution < 1.29 is 32.7 Å². The number of nitrogens with zero attached hydrogens (tertiary/aromatic N) is 1. The first-order valence-electron chi connectivity index (χ1n) is 8.88. The SMILES string of the molecule is CC1(c2cc(F)ccc2F)NC(=O)N(CC(=O)c2ccc3c(c2)NC(=O)CO3)C1=O. The lowest BCUT2D eigenvalue weighted by molar-refractivity contribution is -0.130.